The Morgan fingerprint density at radius 1 is 0.943 bits per heavy atom. The highest BCUT2D eigenvalue weighted by Gasteiger charge is 2.23. The standard InChI is InChI=1S/C24H26ClN3O5S2/c1-16-8-9-17(2)23(14-16)28(34(4,30)31)15-24(29)26-19-10-12-20(13-11-19)35(32,33)27-22-7-5-6-21(25)18(22)3/h5-14,27H,15H2,1-4H3,(H,26,29). The van der Waals surface area contributed by atoms with E-state index < -0.39 is 32.5 Å². The van der Waals surface area contributed by atoms with Gasteiger partial charge in [-0.25, -0.2) is 16.8 Å². The first-order valence-electron chi connectivity index (χ1n) is 10.5. The quantitative estimate of drug-likeness (QED) is 0.442. The van der Waals surface area contributed by atoms with E-state index in [4.69, 9.17) is 11.6 Å². The Labute approximate surface area is 211 Å². The van der Waals surface area contributed by atoms with Crippen LogP contribution < -0.4 is 14.3 Å². The number of amides is 1. The monoisotopic (exact) mass is 535 g/mol. The zero-order valence-electron chi connectivity index (χ0n) is 19.7. The highest BCUT2D eigenvalue weighted by atomic mass is 35.5. The highest BCUT2D eigenvalue weighted by Crippen LogP contribution is 2.26. The smallest absolute Gasteiger partial charge is 0.261 e. The van der Waals surface area contributed by atoms with Gasteiger partial charge in [-0.3, -0.25) is 13.8 Å². The molecule has 186 valence electrons. The molecular formula is C24H26ClN3O5S2. The van der Waals surface area contributed by atoms with Gasteiger partial charge in [0, 0.05) is 10.7 Å². The van der Waals surface area contributed by atoms with E-state index in [0.717, 1.165) is 16.1 Å². The Morgan fingerprint density at radius 3 is 2.23 bits per heavy atom. The van der Waals surface area contributed by atoms with Gasteiger partial charge < -0.3 is 5.32 Å². The van der Waals surface area contributed by atoms with Crippen LogP contribution in [0.5, 0.6) is 0 Å². The van der Waals surface area contributed by atoms with E-state index in [1.807, 2.05) is 13.0 Å². The fourth-order valence-electron chi connectivity index (χ4n) is 3.34. The molecule has 0 atom stereocenters. The molecule has 3 aromatic rings. The second kappa shape index (κ2) is 10.3. The largest absolute Gasteiger partial charge is 0.325 e. The van der Waals surface area contributed by atoms with Crippen LogP contribution in [0, 0.1) is 20.8 Å². The summed E-state index contributed by atoms with van der Waals surface area (Å²) in [6.07, 6.45) is 1.04. The van der Waals surface area contributed by atoms with Crippen LogP contribution in [0.2, 0.25) is 5.02 Å². The van der Waals surface area contributed by atoms with Gasteiger partial charge in [0.15, 0.2) is 0 Å². The summed E-state index contributed by atoms with van der Waals surface area (Å²) < 4.78 is 53.9. The molecule has 0 fully saturated rings. The van der Waals surface area contributed by atoms with Crippen molar-refractivity contribution in [1.29, 1.82) is 0 Å². The molecule has 8 nitrogen and oxygen atoms in total. The van der Waals surface area contributed by atoms with Gasteiger partial charge in [-0.15, -0.1) is 0 Å². The first kappa shape index (κ1) is 26.5. The summed E-state index contributed by atoms with van der Waals surface area (Å²) in [7, 11) is -7.62. The molecule has 3 aromatic carbocycles. The zero-order valence-corrected chi connectivity index (χ0v) is 22.1. The lowest BCUT2D eigenvalue weighted by molar-refractivity contribution is -0.114. The molecule has 0 aromatic heterocycles. The van der Waals surface area contributed by atoms with Crippen LogP contribution in [0.25, 0.3) is 0 Å². The summed E-state index contributed by atoms with van der Waals surface area (Å²) in [5, 5.41) is 3.05. The molecule has 0 radical (unpaired) electrons. The van der Waals surface area contributed by atoms with E-state index in [2.05, 4.69) is 10.0 Å². The van der Waals surface area contributed by atoms with E-state index in [1.54, 1.807) is 44.2 Å². The van der Waals surface area contributed by atoms with E-state index in [-0.39, 0.29) is 4.90 Å². The lowest BCUT2D eigenvalue weighted by atomic mass is 10.1. The predicted molar refractivity (Wildman–Crippen MR) is 140 cm³/mol. The van der Waals surface area contributed by atoms with Gasteiger partial charge in [-0.2, -0.15) is 0 Å². The predicted octanol–water partition coefficient (Wildman–Crippen LogP) is 4.47. The van der Waals surface area contributed by atoms with Gasteiger partial charge in [0.2, 0.25) is 15.9 Å². The molecule has 0 aliphatic carbocycles. The third kappa shape index (κ3) is 6.53. The van der Waals surface area contributed by atoms with Gasteiger partial charge in [0.05, 0.1) is 22.5 Å². The third-order valence-corrected chi connectivity index (χ3v) is 8.20. The Bertz CT molecular complexity index is 1470. The fraction of sp³-hybridized carbons (Fsp3) is 0.208. The lowest BCUT2D eigenvalue weighted by Gasteiger charge is -2.24. The SMILES string of the molecule is Cc1ccc(C)c(N(CC(=O)Nc2ccc(S(=O)(=O)Nc3cccc(Cl)c3C)cc2)S(C)(=O)=O)c1. The topological polar surface area (TPSA) is 113 Å². The van der Waals surface area contributed by atoms with Crippen LogP contribution in [0.3, 0.4) is 0 Å². The van der Waals surface area contributed by atoms with E-state index in [0.29, 0.717) is 33.2 Å². The number of anilines is 3. The first-order chi connectivity index (χ1) is 16.3. The van der Waals surface area contributed by atoms with Gasteiger partial charge in [0.25, 0.3) is 10.0 Å². The molecule has 0 heterocycles. The number of carbonyl (C=O) groups excluding carboxylic acids is 1. The number of halogens is 1. The minimum atomic E-state index is -3.89. The molecule has 0 unspecified atom stereocenters. The number of benzene rings is 3. The molecule has 0 spiro atoms. The van der Waals surface area contributed by atoms with Crippen LogP contribution >= 0.6 is 11.6 Å². The summed E-state index contributed by atoms with van der Waals surface area (Å²) in [6.45, 7) is 4.88. The maximum atomic E-state index is 12.8. The van der Waals surface area contributed by atoms with Crippen molar-refractivity contribution in [3.05, 3.63) is 82.4 Å². The van der Waals surface area contributed by atoms with Crippen LogP contribution in [0.15, 0.2) is 65.6 Å². The highest BCUT2D eigenvalue weighted by molar-refractivity contribution is 7.92. The first-order valence-corrected chi connectivity index (χ1v) is 14.2. The van der Waals surface area contributed by atoms with Crippen molar-refractivity contribution in [1.82, 2.24) is 0 Å². The lowest BCUT2D eigenvalue weighted by Crippen LogP contribution is -2.37. The zero-order chi connectivity index (χ0) is 26.0. The van der Waals surface area contributed by atoms with Gasteiger partial charge >= 0.3 is 0 Å². The average Bonchev–Trinajstić information content (AvgIpc) is 2.76. The van der Waals surface area contributed by atoms with Crippen molar-refractivity contribution >= 4 is 54.6 Å². The molecule has 35 heavy (non-hydrogen) atoms. The number of aryl methyl sites for hydroxylation is 2. The normalized spacial score (nSPS) is 11.7. The number of rotatable bonds is 8. The summed E-state index contributed by atoms with van der Waals surface area (Å²) in [5.74, 6) is -0.570. The number of nitrogens with one attached hydrogen (secondary N) is 2. The van der Waals surface area contributed by atoms with Crippen molar-refractivity contribution in [2.75, 3.05) is 27.1 Å². The summed E-state index contributed by atoms with van der Waals surface area (Å²) in [5.41, 5.74) is 3.28. The molecule has 0 saturated heterocycles. The molecular weight excluding hydrogens is 510 g/mol. The van der Waals surface area contributed by atoms with E-state index >= 15 is 0 Å². The van der Waals surface area contributed by atoms with Crippen molar-refractivity contribution in [3.63, 3.8) is 0 Å². The Morgan fingerprint density at radius 2 is 1.60 bits per heavy atom. The number of nitrogens with zero attached hydrogens (tertiary/aromatic N) is 1. The molecule has 0 saturated carbocycles. The van der Waals surface area contributed by atoms with Gasteiger partial charge in [-0.05, 0) is 79.9 Å². The molecule has 1 amide bonds. The van der Waals surface area contributed by atoms with E-state index in [9.17, 15) is 21.6 Å². The second-order valence-electron chi connectivity index (χ2n) is 8.15. The minimum Gasteiger partial charge on any atom is -0.325 e. The molecule has 0 bridgehead atoms. The summed E-state index contributed by atoms with van der Waals surface area (Å²) in [4.78, 5) is 12.7. The van der Waals surface area contributed by atoms with Crippen molar-refractivity contribution in [2.24, 2.45) is 0 Å². The van der Waals surface area contributed by atoms with Crippen molar-refractivity contribution in [3.8, 4) is 0 Å². The number of sulfonamides is 2. The Balaban J connectivity index is 1.75. The van der Waals surface area contributed by atoms with Crippen LogP contribution in [-0.4, -0.2) is 35.5 Å². The Hall–Kier alpha value is -3.08. The van der Waals surface area contributed by atoms with Crippen LogP contribution in [0.4, 0.5) is 17.1 Å². The average molecular weight is 536 g/mol. The van der Waals surface area contributed by atoms with Crippen molar-refractivity contribution < 1.29 is 21.6 Å². The van der Waals surface area contributed by atoms with Crippen LogP contribution in [0.1, 0.15) is 16.7 Å². The molecule has 0 aliphatic rings. The minimum absolute atomic E-state index is 0.0111. The molecule has 0 aliphatic heterocycles. The van der Waals surface area contributed by atoms with E-state index in [1.165, 1.54) is 24.3 Å². The fourth-order valence-corrected chi connectivity index (χ4v) is 5.54. The maximum absolute atomic E-state index is 12.8. The summed E-state index contributed by atoms with van der Waals surface area (Å²) in [6, 6.07) is 15.8. The number of carbonyl (C=O) groups is 1. The molecule has 3 rings (SSSR count). The third-order valence-electron chi connectivity index (χ3n) is 5.28. The number of hydrogen-bond acceptors (Lipinski definition) is 5. The molecule has 2 N–H and O–H groups in total. The maximum Gasteiger partial charge on any atom is 0.261 e. The molecule has 11 heteroatoms. The van der Waals surface area contributed by atoms with Gasteiger partial charge in [-0.1, -0.05) is 29.8 Å². The van der Waals surface area contributed by atoms with Crippen molar-refractivity contribution in [2.45, 2.75) is 25.7 Å². The summed E-state index contributed by atoms with van der Waals surface area (Å²) >= 11 is 6.06. The Kier molecular flexibility index (Phi) is 7.78. The number of hydrogen-bond donors (Lipinski definition) is 2. The second-order valence-corrected chi connectivity index (χ2v) is 12.1. The van der Waals surface area contributed by atoms with Crippen LogP contribution in [-0.2, 0) is 24.8 Å². The van der Waals surface area contributed by atoms with Gasteiger partial charge in [0.1, 0.15) is 6.54 Å².